The minimum Gasteiger partial charge on any atom is -0.497 e. The largest absolute Gasteiger partial charge is 0.497 e. The second-order valence-electron chi connectivity index (χ2n) is 9.27. The Morgan fingerprint density at radius 2 is 1.77 bits per heavy atom. The van der Waals surface area contributed by atoms with Crippen molar-refractivity contribution in [2.24, 2.45) is 11.8 Å². The fourth-order valence-corrected chi connectivity index (χ4v) is 6.47. The molecule has 3 saturated heterocycles. The molecule has 3 unspecified atom stereocenters. The third kappa shape index (κ3) is 3.19. The number of esters is 1. The molecule has 2 aromatic carbocycles. The molecule has 0 radical (unpaired) electrons. The van der Waals surface area contributed by atoms with Gasteiger partial charge < -0.3 is 14.2 Å². The lowest BCUT2D eigenvalue weighted by atomic mass is 9.77. The van der Waals surface area contributed by atoms with Gasteiger partial charge in [-0.1, -0.05) is 24.3 Å². The molecule has 8 nitrogen and oxygen atoms in total. The average molecular weight is 479 g/mol. The van der Waals surface area contributed by atoms with E-state index in [0.29, 0.717) is 18.7 Å². The number of nitrogens with zero attached hydrogens (tertiary/aromatic N) is 2. The Hall–Kier alpha value is -3.39. The third-order valence-corrected chi connectivity index (χ3v) is 7.93. The standard InChI is InChI=1S/C27H30N2O6/c1-5-28-24(30)21-22(25(28)31)27(26(32)35-4)13-6-14-29(27)23(21)17-9-12-19(20(15-17)34-3)16-7-10-18(33-2)11-8-16/h7-12,15,21-23H,5-6,13-14H2,1-4H3/t21?,22?,23?,27-/m0/s1. The number of likely N-dealkylation sites (tertiary alicyclic amines) is 1. The number of hydrogen-bond acceptors (Lipinski definition) is 7. The van der Waals surface area contributed by atoms with Crippen molar-refractivity contribution >= 4 is 17.8 Å². The number of methoxy groups -OCH3 is 3. The van der Waals surface area contributed by atoms with E-state index in [0.717, 1.165) is 28.9 Å². The van der Waals surface area contributed by atoms with Crippen molar-refractivity contribution in [3.05, 3.63) is 48.0 Å². The van der Waals surface area contributed by atoms with Crippen LogP contribution in [0.15, 0.2) is 42.5 Å². The maximum atomic E-state index is 13.5. The molecule has 0 spiro atoms. The van der Waals surface area contributed by atoms with Crippen molar-refractivity contribution in [1.82, 2.24) is 9.80 Å². The first-order valence-electron chi connectivity index (χ1n) is 12.0. The first-order chi connectivity index (χ1) is 16.9. The lowest BCUT2D eigenvalue weighted by molar-refractivity contribution is -0.159. The van der Waals surface area contributed by atoms with Crippen LogP contribution in [-0.2, 0) is 19.1 Å². The predicted molar refractivity (Wildman–Crippen MR) is 128 cm³/mol. The number of imide groups is 1. The molecule has 5 rings (SSSR count). The smallest absolute Gasteiger partial charge is 0.327 e. The van der Waals surface area contributed by atoms with Gasteiger partial charge in [0.1, 0.15) is 17.0 Å². The summed E-state index contributed by atoms with van der Waals surface area (Å²) in [5, 5.41) is 0. The highest BCUT2D eigenvalue weighted by atomic mass is 16.5. The third-order valence-electron chi connectivity index (χ3n) is 7.93. The van der Waals surface area contributed by atoms with Gasteiger partial charge in [0.05, 0.1) is 33.2 Å². The highest BCUT2D eigenvalue weighted by molar-refractivity contribution is 6.09. The summed E-state index contributed by atoms with van der Waals surface area (Å²) in [4.78, 5) is 43.5. The molecular formula is C27H30N2O6. The molecule has 35 heavy (non-hydrogen) atoms. The Morgan fingerprint density at radius 3 is 2.40 bits per heavy atom. The number of ether oxygens (including phenoxy) is 3. The van der Waals surface area contributed by atoms with E-state index in [-0.39, 0.29) is 18.4 Å². The molecule has 0 saturated carbocycles. The molecular weight excluding hydrogens is 448 g/mol. The van der Waals surface area contributed by atoms with Crippen molar-refractivity contribution in [3.63, 3.8) is 0 Å². The van der Waals surface area contributed by atoms with Gasteiger partial charge in [-0.25, -0.2) is 0 Å². The lowest BCUT2D eigenvalue weighted by Gasteiger charge is -2.36. The van der Waals surface area contributed by atoms with Gasteiger partial charge in [-0.05, 0) is 55.6 Å². The van der Waals surface area contributed by atoms with Crippen LogP contribution in [0.1, 0.15) is 31.4 Å². The Morgan fingerprint density at radius 1 is 1.03 bits per heavy atom. The van der Waals surface area contributed by atoms with E-state index in [2.05, 4.69) is 0 Å². The average Bonchev–Trinajstić information content (AvgIpc) is 3.51. The van der Waals surface area contributed by atoms with Crippen LogP contribution in [0.25, 0.3) is 11.1 Å². The van der Waals surface area contributed by atoms with Crippen LogP contribution >= 0.6 is 0 Å². The van der Waals surface area contributed by atoms with Gasteiger partial charge in [0.15, 0.2) is 0 Å². The number of carbonyl (C=O) groups excluding carboxylic acids is 3. The second kappa shape index (κ2) is 8.68. The van der Waals surface area contributed by atoms with E-state index in [4.69, 9.17) is 14.2 Å². The van der Waals surface area contributed by atoms with E-state index >= 15 is 0 Å². The summed E-state index contributed by atoms with van der Waals surface area (Å²) in [5.74, 6) is -0.899. The maximum Gasteiger partial charge on any atom is 0.327 e. The number of carbonyl (C=O) groups is 3. The fraction of sp³-hybridized carbons (Fsp3) is 0.444. The Labute approximate surface area is 204 Å². The fourth-order valence-electron chi connectivity index (χ4n) is 6.47. The van der Waals surface area contributed by atoms with Gasteiger partial charge in [-0.15, -0.1) is 0 Å². The van der Waals surface area contributed by atoms with Crippen LogP contribution < -0.4 is 9.47 Å². The monoisotopic (exact) mass is 478 g/mol. The minimum absolute atomic E-state index is 0.219. The van der Waals surface area contributed by atoms with Crippen LogP contribution in [0.2, 0.25) is 0 Å². The van der Waals surface area contributed by atoms with E-state index in [1.165, 1.54) is 12.0 Å². The highest BCUT2D eigenvalue weighted by Crippen LogP contribution is 2.59. The summed E-state index contributed by atoms with van der Waals surface area (Å²) in [6, 6.07) is 13.2. The molecule has 3 fully saturated rings. The molecule has 2 aromatic rings. The van der Waals surface area contributed by atoms with Crippen molar-refractivity contribution in [3.8, 4) is 22.6 Å². The molecule has 184 valence electrons. The number of rotatable bonds is 6. The van der Waals surface area contributed by atoms with Gasteiger partial charge >= 0.3 is 5.97 Å². The van der Waals surface area contributed by atoms with Gasteiger partial charge in [0.2, 0.25) is 11.8 Å². The minimum atomic E-state index is -1.12. The van der Waals surface area contributed by atoms with Crippen LogP contribution in [0.3, 0.4) is 0 Å². The SMILES string of the molecule is CCN1C(=O)C2C(c3ccc(-c4ccc(OC)cc4)c(OC)c3)N3CCC[C@@]3(C(=O)OC)C2C1=O. The summed E-state index contributed by atoms with van der Waals surface area (Å²) in [6.07, 6.45) is 1.25. The van der Waals surface area contributed by atoms with Crippen molar-refractivity contribution in [2.75, 3.05) is 34.4 Å². The van der Waals surface area contributed by atoms with E-state index in [9.17, 15) is 14.4 Å². The van der Waals surface area contributed by atoms with Crippen molar-refractivity contribution in [1.29, 1.82) is 0 Å². The normalized spacial score (nSPS) is 27.7. The molecule has 3 aliphatic rings. The number of amides is 2. The van der Waals surface area contributed by atoms with E-state index in [1.54, 1.807) is 21.1 Å². The quantitative estimate of drug-likeness (QED) is 0.466. The summed E-state index contributed by atoms with van der Waals surface area (Å²) in [6.45, 7) is 2.69. The zero-order valence-corrected chi connectivity index (χ0v) is 20.4. The Balaban J connectivity index is 1.62. The molecule has 0 N–H and O–H groups in total. The summed E-state index contributed by atoms with van der Waals surface area (Å²) in [7, 11) is 4.59. The van der Waals surface area contributed by atoms with Gasteiger partial charge in [0, 0.05) is 18.2 Å². The van der Waals surface area contributed by atoms with Crippen LogP contribution in [0.4, 0.5) is 0 Å². The topological polar surface area (TPSA) is 85.4 Å². The predicted octanol–water partition coefficient (Wildman–Crippen LogP) is 3.05. The number of benzene rings is 2. The molecule has 0 aliphatic carbocycles. The summed E-state index contributed by atoms with van der Waals surface area (Å²) in [5.41, 5.74) is 1.59. The van der Waals surface area contributed by atoms with Crippen LogP contribution in [-0.4, -0.2) is 67.5 Å². The molecule has 2 amide bonds. The second-order valence-corrected chi connectivity index (χ2v) is 9.27. The Kier molecular flexibility index (Phi) is 5.79. The maximum absolute atomic E-state index is 13.5. The van der Waals surface area contributed by atoms with Crippen molar-refractivity contribution in [2.45, 2.75) is 31.3 Å². The first kappa shape index (κ1) is 23.4. The zero-order valence-electron chi connectivity index (χ0n) is 20.4. The number of hydrogen-bond donors (Lipinski definition) is 0. The van der Waals surface area contributed by atoms with Gasteiger partial charge in [0.25, 0.3) is 0 Å². The molecule has 0 bridgehead atoms. The van der Waals surface area contributed by atoms with E-state index < -0.39 is 29.4 Å². The summed E-state index contributed by atoms with van der Waals surface area (Å²) < 4.78 is 16.3. The molecule has 3 heterocycles. The van der Waals surface area contributed by atoms with Gasteiger partial charge in [-0.2, -0.15) is 0 Å². The van der Waals surface area contributed by atoms with Crippen LogP contribution in [0, 0.1) is 11.8 Å². The summed E-state index contributed by atoms with van der Waals surface area (Å²) >= 11 is 0. The van der Waals surface area contributed by atoms with Gasteiger partial charge in [-0.3, -0.25) is 24.2 Å². The highest BCUT2D eigenvalue weighted by Gasteiger charge is 2.73. The lowest BCUT2D eigenvalue weighted by Crippen LogP contribution is -2.54. The zero-order chi connectivity index (χ0) is 24.9. The molecule has 8 heteroatoms. The Bertz CT molecular complexity index is 1180. The van der Waals surface area contributed by atoms with Crippen LogP contribution in [0.5, 0.6) is 11.5 Å². The molecule has 0 aromatic heterocycles. The van der Waals surface area contributed by atoms with E-state index in [1.807, 2.05) is 47.4 Å². The molecule has 3 aliphatic heterocycles. The first-order valence-corrected chi connectivity index (χ1v) is 12.0. The van der Waals surface area contributed by atoms with Crippen molar-refractivity contribution < 1.29 is 28.6 Å². The number of fused-ring (bicyclic) bond motifs is 3. The molecule has 4 atom stereocenters.